The molecule has 2 aromatic carbocycles. The minimum atomic E-state index is -4.28. The molecule has 0 aliphatic carbocycles. The third kappa shape index (κ3) is 4.39. The van der Waals surface area contributed by atoms with Gasteiger partial charge in [-0.3, -0.25) is 15.5 Å². The summed E-state index contributed by atoms with van der Waals surface area (Å²) in [5.41, 5.74) is -0.143. The monoisotopic (exact) mass is 480 g/mol. The van der Waals surface area contributed by atoms with Crippen LogP contribution in [0.25, 0.3) is 0 Å². The van der Waals surface area contributed by atoms with Gasteiger partial charge in [0.25, 0.3) is 5.69 Å². The predicted molar refractivity (Wildman–Crippen MR) is 100 cm³/mol. The molecule has 1 N–H and O–H groups in total. The predicted octanol–water partition coefficient (Wildman–Crippen LogP) is 2.76. The highest BCUT2D eigenvalue weighted by Crippen LogP contribution is 2.30. The molecule has 9 nitrogen and oxygen atoms in total. The quantitative estimate of drug-likeness (QED) is 0.170. The van der Waals surface area contributed by atoms with E-state index in [0.29, 0.717) is 0 Å². The Kier molecular flexibility index (Phi) is 6.71. The largest absolute Gasteiger partial charge is 0.379 e. The lowest BCUT2D eigenvalue weighted by Crippen LogP contribution is -2.40. The van der Waals surface area contributed by atoms with Gasteiger partial charge in [0.05, 0.1) is 35.6 Å². The molecule has 0 bridgehead atoms. The maximum absolute atomic E-state index is 13.8. The highest BCUT2D eigenvalue weighted by Gasteiger charge is 2.30. The van der Waals surface area contributed by atoms with E-state index >= 15 is 0 Å². The molecule has 172 valence electrons. The fraction of sp³-hybridized carbons (Fsp3) is 0.235. The summed E-state index contributed by atoms with van der Waals surface area (Å²) in [4.78, 5) is 9.66. The van der Waals surface area contributed by atoms with Gasteiger partial charge in [-0.1, -0.05) is 0 Å². The van der Waals surface area contributed by atoms with Crippen molar-refractivity contribution in [2.45, 2.75) is 4.90 Å². The van der Waals surface area contributed by atoms with E-state index in [4.69, 9.17) is 4.74 Å². The summed E-state index contributed by atoms with van der Waals surface area (Å²) in [5, 5.41) is 14.4. The molecule has 0 aromatic heterocycles. The van der Waals surface area contributed by atoms with Gasteiger partial charge in [0.15, 0.2) is 23.3 Å². The number of morpholine rings is 1. The number of nitro benzene ring substituents is 1. The number of sulfonamides is 1. The van der Waals surface area contributed by atoms with Crippen LogP contribution < -0.4 is 5.43 Å². The van der Waals surface area contributed by atoms with Gasteiger partial charge < -0.3 is 4.74 Å². The van der Waals surface area contributed by atoms with Crippen LogP contribution in [0, 0.1) is 39.2 Å². The summed E-state index contributed by atoms with van der Waals surface area (Å²) in [7, 11) is -4.28. The van der Waals surface area contributed by atoms with Crippen molar-refractivity contribution in [3.05, 3.63) is 63.0 Å². The summed E-state index contributed by atoms with van der Waals surface area (Å²) in [5.74, 6) is -11.0. The number of hydrogen-bond acceptors (Lipinski definition) is 7. The van der Waals surface area contributed by atoms with Crippen molar-refractivity contribution >= 4 is 27.6 Å². The van der Waals surface area contributed by atoms with Gasteiger partial charge >= 0.3 is 0 Å². The first-order chi connectivity index (χ1) is 15.1. The number of hydrogen-bond donors (Lipinski definition) is 1. The summed E-state index contributed by atoms with van der Waals surface area (Å²) < 4.78 is 99.2. The number of hydrazone groups is 1. The average molecular weight is 480 g/mol. The maximum atomic E-state index is 13.8. The molecule has 1 aliphatic heterocycles. The molecule has 1 aliphatic rings. The van der Waals surface area contributed by atoms with Crippen LogP contribution in [0.15, 0.2) is 28.2 Å². The smallest absolute Gasteiger partial charge is 0.270 e. The molecule has 0 atom stereocenters. The molecular weight excluding hydrogens is 467 g/mol. The van der Waals surface area contributed by atoms with Crippen LogP contribution >= 0.6 is 0 Å². The number of rotatable bonds is 6. The highest BCUT2D eigenvalue weighted by molar-refractivity contribution is 7.89. The second-order valence-electron chi connectivity index (χ2n) is 6.31. The van der Waals surface area contributed by atoms with Crippen LogP contribution in [0.2, 0.25) is 0 Å². The van der Waals surface area contributed by atoms with E-state index in [1.807, 2.05) is 0 Å². The van der Waals surface area contributed by atoms with Crippen molar-refractivity contribution in [3.63, 3.8) is 0 Å². The highest BCUT2D eigenvalue weighted by atomic mass is 32.2. The molecule has 0 radical (unpaired) electrons. The molecule has 2 aromatic rings. The van der Waals surface area contributed by atoms with Crippen LogP contribution in [0.3, 0.4) is 0 Å². The molecule has 0 spiro atoms. The van der Waals surface area contributed by atoms with Crippen molar-refractivity contribution in [1.82, 2.24) is 4.31 Å². The minimum absolute atomic E-state index is 0.0295. The number of halogens is 5. The zero-order valence-corrected chi connectivity index (χ0v) is 16.6. The van der Waals surface area contributed by atoms with Gasteiger partial charge in [-0.25, -0.2) is 30.4 Å². The third-order valence-corrected chi connectivity index (χ3v) is 6.32. The number of benzene rings is 2. The average Bonchev–Trinajstić information content (AvgIpc) is 2.79. The Morgan fingerprint density at radius 3 is 2.16 bits per heavy atom. The van der Waals surface area contributed by atoms with Crippen molar-refractivity contribution in [2.24, 2.45) is 5.10 Å². The van der Waals surface area contributed by atoms with E-state index in [1.54, 1.807) is 0 Å². The maximum Gasteiger partial charge on any atom is 0.270 e. The zero-order valence-electron chi connectivity index (χ0n) is 15.8. The Hall–Kier alpha value is -3.17. The lowest BCUT2D eigenvalue weighted by Gasteiger charge is -2.26. The van der Waals surface area contributed by atoms with Crippen molar-refractivity contribution in [3.8, 4) is 0 Å². The number of non-ortho nitro benzene ring substituents is 1. The lowest BCUT2D eigenvalue weighted by atomic mass is 10.2. The molecule has 0 saturated carbocycles. The van der Waals surface area contributed by atoms with E-state index in [1.165, 1.54) is 0 Å². The standard InChI is InChI=1S/C17H13F5N4O5S/c18-13-10(14(19)16(21)17(22)15(13)20)8-23-24-11-2-1-9(26(27)28)7-12(11)32(29,30)25-3-5-31-6-4-25/h1-2,7-8,24H,3-6H2. The van der Waals surface area contributed by atoms with Crippen LogP contribution in [0.1, 0.15) is 5.56 Å². The topological polar surface area (TPSA) is 114 Å². The molecule has 1 fully saturated rings. The van der Waals surface area contributed by atoms with E-state index in [9.17, 15) is 40.5 Å². The van der Waals surface area contributed by atoms with E-state index in [-0.39, 0.29) is 38.2 Å². The Balaban J connectivity index is 2.00. The number of nitrogens with zero attached hydrogens (tertiary/aromatic N) is 3. The van der Waals surface area contributed by atoms with Crippen LogP contribution in [-0.4, -0.2) is 50.2 Å². The van der Waals surface area contributed by atoms with Gasteiger partial charge in [0, 0.05) is 25.2 Å². The van der Waals surface area contributed by atoms with Crippen molar-refractivity contribution in [1.29, 1.82) is 0 Å². The van der Waals surface area contributed by atoms with Crippen LogP contribution in [-0.2, 0) is 14.8 Å². The second-order valence-corrected chi connectivity index (χ2v) is 8.21. The Labute approximate surface area is 177 Å². The van der Waals surface area contributed by atoms with Gasteiger partial charge in [0.2, 0.25) is 15.8 Å². The summed E-state index contributed by atoms with van der Waals surface area (Å²) in [6, 6.07) is 2.66. The van der Waals surface area contributed by atoms with Crippen LogP contribution in [0.5, 0.6) is 0 Å². The SMILES string of the molecule is O=[N+]([O-])c1ccc(NN=Cc2c(F)c(F)c(F)c(F)c2F)c(S(=O)(=O)N2CCOCC2)c1. The first-order valence-corrected chi connectivity index (χ1v) is 10.2. The van der Waals surface area contributed by atoms with Gasteiger partial charge in [-0.15, -0.1) is 0 Å². The van der Waals surface area contributed by atoms with E-state index in [0.717, 1.165) is 22.5 Å². The Morgan fingerprint density at radius 1 is 1.03 bits per heavy atom. The third-order valence-electron chi connectivity index (χ3n) is 4.39. The molecule has 32 heavy (non-hydrogen) atoms. The van der Waals surface area contributed by atoms with Gasteiger partial charge in [-0.05, 0) is 6.07 Å². The van der Waals surface area contributed by atoms with Gasteiger partial charge in [-0.2, -0.15) is 9.41 Å². The summed E-state index contributed by atoms with van der Waals surface area (Å²) >= 11 is 0. The molecule has 1 heterocycles. The van der Waals surface area contributed by atoms with E-state index in [2.05, 4.69) is 10.5 Å². The van der Waals surface area contributed by atoms with Crippen molar-refractivity contribution < 1.29 is 40.0 Å². The summed E-state index contributed by atoms with van der Waals surface area (Å²) in [6.07, 6.45) is 0.267. The van der Waals surface area contributed by atoms with Gasteiger partial charge in [0.1, 0.15) is 4.90 Å². The van der Waals surface area contributed by atoms with Crippen molar-refractivity contribution in [2.75, 3.05) is 31.7 Å². The molecule has 1 saturated heterocycles. The molecule has 15 heteroatoms. The molecule has 0 unspecified atom stereocenters. The van der Waals surface area contributed by atoms with Crippen LogP contribution in [0.4, 0.5) is 33.3 Å². The lowest BCUT2D eigenvalue weighted by molar-refractivity contribution is -0.385. The normalized spacial score (nSPS) is 15.3. The zero-order chi connectivity index (χ0) is 23.6. The number of ether oxygens (including phenoxy) is 1. The van der Waals surface area contributed by atoms with E-state index < -0.39 is 60.2 Å². The fourth-order valence-electron chi connectivity index (χ4n) is 2.76. The summed E-state index contributed by atoms with van der Waals surface area (Å²) in [6.45, 7) is 0.126. The first-order valence-electron chi connectivity index (χ1n) is 8.72. The minimum Gasteiger partial charge on any atom is -0.379 e. The molecular formula is C17H13F5N4O5S. The number of anilines is 1. The second kappa shape index (κ2) is 9.13. The Morgan fingerprint density at radius 2 is 1.59 bits per heavy atom. The molecule has 0 amide bonds. The molecule has 3 rings (SSSR count). The number of nitrogens with one attached hydrogen (secondary N) is 1. The fourth-order valence-corrected chi connectivity index (χ4v) is 4.33. The number of nitro groups is 1. The Bertz CT molecular complexity index is 1170. The first kappa shape index (κ1) is 23.5.